The van der Waals surface area contributed by atoms with Crippen LogP contribution in [-0.2, 0) is 0 Å². The first-order valence-corrected chi connectivity index (χ1v) is 8.14. The van der Waals surface area contributed by atoms with Crippen molar-refractivity contribution in [1.82, 2.24) is 0 Å². The van der Waals surface area contributed by atoms with Gasteiger partial charge >= 0.3 is 0 Å². The summed E-state index contributed by atoms with van der Waals surface area (Å²) in [7, 11) is 1.48. The highest BCUT2D eigenvalue weighted by Crippen LogP contribution is 2.28. The summed E-state index contributed by atoms with van der Waals surface area (Å²) < 4.78 is 18.0. The molecule has 3 aromatic carbocycles. The quantitative estimate of drug-likeness (QED) is 0.653. The number of carbonyl (C=O) groups is 1. The number of nitrogens with one attached hydrogen (secondary N) is 1. The van der Waals surface area contributed by atoms with Crippen molar-refractivity contribution in [3.8, 4) is 11.5 Å². The number of methoxy groups -OCH3 is 1. The molecule has 0 bridgehead atoms. The molecule has 0 aliphatic carbocycles. The number of phenols is 1. The lowest BCUT2D eigenvalue weighted by Crippen LogP contribution is -2.11. The Morgan fingerprint density at radius 3 is 2.59 bits per heavy atom. The molecule has 0 heterocycles. The second-order valence-corrected chi connectivity index (χ2v) is 5.67. The van der Waals surface area contributed by atoms with E-state index >= 15 is 0 Å². The molecule has 0 aliphatic rings. The van der Waals surface area contributed by atoms with Crippen molar-refractivity contribution in [2.75, 3.05) is 12.4 Å². The number of hydrogen-bond donors (Lipinski definition) is 2. The van der Waals surface area contributed by atoms with Gasteiger partial charge in [-0.25, -0.2) is 4.39 Å². The van der Waals surface area contributed by atoms with Crippen LogP contribution in [0.25, 0.3) is 0 Å². The topological polar surface area (TPSA) is 70.9 Å². The number of nitrogens with zero attached hydrogens (tertiary/aromatic N) is 1. The van der Waals surface area contributed by atoms with Crippen LogP contribution in [0.15, 0.2) is 71.7 Å². The van der Waals surface area contributed by atoms with Gasteiger partial charge in [-0.3, -0.25) is 9.79 Å². The van der Waals surface area contributed by atoms with Gasteiger partial charge in [0, 0.05) is 23.0 Å². The summed E-state index contributed by atoms with van der Waals surface area (Å²) in [5.41, 5.74) is 2.00. The van der Waals surface area contributed by atoms with Gasteiger partial charge in [-0.1, -0.05) is 12.1 Å². The number of amides is 1. The molecule has 27 heavy (non-hydrogen) atoms. The summed E-state index contributed by atoms with van der Waals surface area (Å²) in [6.07, 6.45) is 1.51. The van der Waals surface area contributed by atoms with Crippen LogP contribution in [0.4, 0.5) is 15.8 Å². The molecule has 3 rings (SSSR count). The van der Waals surface area contributed by atoms with Gasteiger partial charge in [0.1, 0.15) is 5.82 Å². The Bertz CT molecular complexity index is 985. The van der Waals surface area contributed by atoms with E-state index in [9.17, 15) is 14.3 Å². The fourth-order valence-corrected chi connectivity index (χ4v) is 2.42. The number of aromatic hydroxyl groups is 1. The van der Waals surface area contributed by atoms with Crippen LogP contribution in [-0.4, -0.2) is 24.3 Å². The Kier molecular flexibility index (Phi) is 5.47. The van der Waals surface area contributed by atoms with Crippen LogP contribution in [0.2, 0.25) is 0 Å². The number of rotatable bonds is 5. The van der Waals surface area contributed by atoms with Crippen molar-refractivity contribution in [1.29, 1.82) is 0 Å². The van der Waals surface area contributed by atoms with Gasteiger partial charge in [0.05, 0.1) is 12.8 Å². The molecule has 3 aromatic rings. The first kappa shape index (κ1) is 18.1. The lowest BCUT2D eigenvalue weighted by molar-refractivity contribution is 0.102. The maximum absolute atomic E-state index is 13.0. The number of hydrogen-bond acceptors (Lipinski definition) is 4. The van der Waals surface area contributed by atoms with E-state index in [1.54, 1.807) is 42.5 Å². The van der Waals surface area contributed by atoms with E-state index in [2.05, 4.69) is 10.3 Å². The smallest absolute Gasteiger partial charge is 0.255 e. The third kappa shape index (κ3) is 4.49. The fraction of sp³-hybridized carbons (Fsp3) is 0.0476. The van der Waals surface area contributed by atoms with Gasteiger partial charge in [0.25, 0.3) is 5.91 Å². The van der Waals surface area contributed by atoms with Crippen molar-refractivity contribution in [2.24, 2.45) is 4.99 Å². The summed E-state index contributed by atoms with van der Waals surface area (Å²) in [4.78, 5) is 16.5. The number of phenolic OH excluding ortho intramolecular Hbond substituents is 1. The van der Waals surface area contributed by atoms with E-state index in [4.69, 9.17) is 4.74 Å². The van der Waals surface area contributed by atoms with Crippen molar-refractivity contribution < 1.29 is 19.0 Å². The molecule has 0 saturated heterocycles. The van der Waals surface area contributed by atoms with E-state index in [0.717, 1.165) is 0 Å². The van der Waals surface area contributed by atoms with Gasteiger partial charge in [-0.05, 0) is 54.6 Å². The summed E-state index contributed by atoms with van der Waals surface area (Å²) in [6.45, 7) is 0. The molecule has 0 spiro atoms. The first-order chi connectivity index (χ1) is 13.1. The fourth-order valence-electron chi connectivity index (χ4n) is 2.42. The maximum Gasteiger partial charge on any atom is 0.255 e. The number of anilines is 1. The van der Waals surface area contributed by atoms with E-state index in [-0.39, 0.29) is 11.7 Å². The zero-order valence-electron chi connectivity index (χ0n) is 14.5. The predicted octanol–water partition coefficient (Wildman–Crippen LogP) is 4.54. The molecule has 1 amide bonds. The van der Waals surface area contributed by atoms with Crippen molar-refractivity contribution in [3.05, 3.63) is 83.7 Å². The minimum absolute atomic E-state index is 0.00418. The van der Waals surface area contributed by atoms with Crippen LogP contribution >= 0.6 is 0 Å². The molecule has 136 valence electrons. The number of carbonyl (C=O) groups excluding carboxylic acids is 1. The number of para-hydroxylation sites is 1. The molecule has 0 fully saturated rings. The molecule has 0 unspecified atom stereocenters. The van der Waals surface area contributed by atoms with Gasteiger partial charge in [0.2, 0.25) is 0 Å². The zero-order chi connectivity index (χ0) is 19.2. The highest BCUT2D eigenvalue weighted by atomic mass is 19.1. The highest BCUT2D eigenvalue weighted by molar-refractivity contribution is 6.04. The molecule has 2 N–H and O–H groups in total. The molecular weight excluding hydrogens is 347 g/mol. The highest BCUT2D eigenvalue weighted by Gasteiger charge is 2.07. The normalized spacial score (nSPS) is 10.7. The van der Waals surface area contributed by atoms with Crippen LogP contribution in [0.1, 0.15) is 15.9 Å². The van der Waals surface area contributed by atoms with Gasteiger partial charge < -0.3 is 15.2 Å². The second-order valence-electron chi connectivity index (χ2n) is 5.67. The second kappa shape index (κ2) is 8.14. The molecule has 0 aromatic heterocycles. The molecule has 0 radical (unpaired) electrons. The Hall–Kier alpha value is -3.67. The Morgan fingerprint density at radius 2 is 1.85 bits per heavy atom. The lowest BCUT2D eigenvalue weighted by atomic mass is 10.2. The third-order valence-corrected chi connectivity index (χ3v) is 3.81. The number of aliphatic imine (C=N–C) groups is 1. The number of benzene rings is 3. The lowest BCUT2D eigenvalue weighted by Gasteiger charge is -2.06. The average Bonchev–Trinajstić information content (AvgIpc) is 2.68. The van der Waals surface area contributed by atoms with E-state index in [0.29, 0.717) is 28.3 Å². The largest absolute Gasteiger partial charge is 0.504 e. The molecule has 5 nitrogen and oxygen atoms in total. The van der Waals surface area contributed by atoms with Gasteiger partial charge in [-0.15, -0.1) is 0 Å². The number of ether oxygens (including phenoxy) is 1. The Balaban J connectivity index is 1.76. The van der Waals surface area contributed by atoms with Crippen LogP contribution in [0.3, 0.4) is 0 Å². The zero-order valence-corrected chi connectivity index (χ0v) is 14.5. The van der Waals surface area contributed by atoms with E-state index in [1.165, 1.54) is 37.6 Å². The minimum atomic E-state index is -0.399. The van der Waals surface area contributed by atoms with Crippen molar-refractivity contribution in [2.45, 2.75) is 0 Å². The molecule has 0 atom stereocenters. The van der Waals surface area contributed by atoms with E-state index < -0.39 is 5.82 Å². The number of halogens is 1. The minimum Gasteiger partial charge on any atom is -0.504 e. The molecule has 0 aliphatic heterocycles. The predicted molar refractivity (Wildman–Crippen MR) is 103 cm³/mol. The maximum atomic E-state index is 13.0. The Morgan fingerprint density at radius 1 is 1.11 bits per heavy atom. The average molecular weight is 364 g/mol. The van der Waals surface area contributed by atoms with Crippen molar-refractivity contribution >= 4 is 23.5 Å². The monoisotopic (exact) mass is 364 g/mol. The van der Waals surface area contributed by atoms with Gasteiger partial charge in [-0.2, -0.15) is 0 Å². The summed E-state index contributed by atoms with van der Waals surface area (Å²) >= 11 is 0. The summed E-state index contributed by atoms with van der Waals surface area (Å²) in [5, 5.41) is 12.8. The SMILES string of the molecule is COc1cccc(C=Nc2cccc(NC(=O)c3ccc(F)cc3)c2)c1O. The standard InChI is InChI=1S/C21H17FN2O3/c1-27-19-7-2-4-15(20(19)25)13-23-17-5-3-6-18(12-17)24-21(26)14-8-10-16(22)11-9-14/h2-13,25H,1H3,(H,24,26). The van der Waals surface area contributed by atoms with Gasteiger partial charge in [0.15, 0.2) is 11.5 Å². The van der Waals surface area contributed by atoms with E-state index in [1.807, 2.05) is 0 Å². The van der Waals surface area contributed by atoms with Crippen molar-refractivity contribution in [3.63, 3.8) is 0 Å². The first-order valence-electron chi connectivity index (χ1n) is 8.14. The third-order valence-electron chi connectivity index (χ3n) is 3.81. The molecule has 0 saturated carbocycles. The van der Waals surface area contributed by atoms with Crippen LogP contribution in [0.5, 0.6) is 11.5 Å². The molecular formula is C21H17FN2O3. The Labute approximate surface area is 155 Å². The summed E-state index contributed by atoms with van der Waals surface area (Å²) in [5.74, 6) is -0.381. The van der Waals surface area contributed by atoms with Crippen LogP contribution in [0, 0.1) is 5.82 Å². The van der Waals surface area contributed by atoms with Crippen LogP contribution < -0.4 is 10.1 Å². The molecule has 6 heteroatoms. The summed E-state index contributed by atoms with van der Waals surface area (Å²) in [6, 6.07) is 17.3.